The number of fused-ring (bicyclic) bond motifs is 1. The van der Waals surface area contributed by atoms with Crippen LogP contribution in [0, 0.1) is 19.8 Å². The Bertz CT molecular complexity index is 1180. The number of nitrogens with zero attached hydrogens (tertiary/aromatic N) is 4. The van der Waals surface area contributed by atoms with Crippen molar-refractivity contribution in [2.24, 2.45) is 13.0 Å². The van der Waals surface area contributed by atoms with Crippen LogP contribution in [0.4, 0.5) is 5.69 Å². The molecule has 0 saturated carbocycles. The molecule has 8 nitrogen and oxygen atoms in total. The molecule has 1 unspecified atom stereocenters. The van der Waals surface area contributed by atoms with Crippen molar-refractivity contribution >= 4 is 44.0 Å². The molecule has 154 valence electrons. The SMILES string of the molecule is Cc1ccc(S(=O)(=O)N2CCCC(C(=O)Nc3cnc4c(c3)c(C)nn4C)C2)s1. The van der Waals surface area contributed by atoms with Crippen molar-refractivity contribution in [1.82, 2.24) is 19.1 Å². The molecular formula is C19H23N5O3S2. The highest BCUT2D eigenvalue weighted by Gasteiger charge is 2.34. The number of anilines is 1. The maximum atomic E-state index is 12.9. The molecule has 0 aromatic carbocycles. The number of thiophene rings is 1. The zero-order chi connectivity index (χ0) is 20.8. The number of nitrogens with one attached hydrogen (secondary N) is 1. The number of hydrogen-bond acceptors (Lipinski definition) is 6. The lowest BCUT2D eigenvalue weighted by molar-refractivity contribution is -0.120. The second-order valence-corrected chi connectivity index (χ2v) is 10.8. The molecule has 4 rings (SSSR count). The zero-order valence-electron chi connectivity index (χ0n) is 16.5. The fraction of sp³-hybridized carbons (Fsp3) is 0.421. The van der Waals surface area contributed by atoms with Gasteiger partial charge in [-0.2, -0.15) is 9.40 Å². The molecule has 10 heteroatoms. The van der Waals surface area contributed by atoms with Crippen LogP contribution in [0.2, 0.25) is 0 Å². The molecule has 0 radical (unpaired) electrons. The van der Waals surface area contributed by atoms with Crippen molar-refractivity contribution < 1.29 is 13.2 Å². The summed E-state index contributed by atoms with van der Waals surface area (Å²) in [6.07, 6.45) is 2.91. The standard InChI is InChI=1S/C19H23N5O3S2/c1-12-6-7-17(28-12)29(26,27)24-8-4-5-14(11-24)19(25)21-15-9-16-13(2)22-23(3)18(16)20-10-15/h6-7,9-10,14H,4-5,8,11H2,1-3H3,(H,21,25). The molecule has 3 aromatic heterocycles. The van der Waals surface area contributed by atoms with Crippen molar-refractivity contribution in [3.63, 3.8) is 0 Å². The number of pyridine rings is 1. The monoisotopic (exact) mass is 433 g/mol. The summed E-state index contributed by atoms with van der Waals surface area (Å²) in [6.45, 7) is 4.40. The lowest BCUT2D eigenvalue weighted by Gasteiger charge is -2.30. The van der Waals surface area contributed by atoms with Gasteiger partial charge in [0.25, 0.3) is 10.0 Å². The van der Waals surface area contributed by atoms with Crippen LogP contribution in [0.3, 0.4) is 0 Å². The van der Waals surface area contributed by atoms with Gasteiger partial charge >= 0.3 is 0 Å². The van der Waals surface area contributed by atoms with Gasteiger partial charge in [-0.25, -0.2) is 13.4 Å². The Morgan fingerprint density at radius 2 is 2.10 bits per heavy atom. The minimum absolute atomic E-state index is 0.185. The van der Waals surface area contributed by atoms with Crippen LogP contribution in [0.1, 0.15) is 23.4 Å². The van der Waals surface area contributed by atoms with E-state index in [4.69, 9.17) is 0 Å². The molecule has 0 bridgehead atoms. The van der Waals surface area contributed by atoms with Crippen LogP contribution in [0.25, 0.3) is 11.0 Å². The van der Waals surface area contributed by atoms with Crippen LogP contribution in [-0.4, -0.2) is 46.5 Å². The van der Waals surface area contributed by atoms with E-state index in [-0.39, 0.29) is 12.5 Å². The molecule has 1 aliphatic rings. The first kappa shape index (κ1) is 20.0. The molecule has 1 N–H and O–H groups in total. The van der Waals surface area contributed by atoms with Crippen molar-refractivity contribution in [3.8, 4) is 0 Å². The smallest absolute Gasteiger partial charge is 0.252 e. The molecule has 29 heavy (non-hydrogen) atoms. The summed E-state index contributed by atoms with van der Waals surface area (Å²) in [5, 5.41) is 8.12. The molecule has 1 aliphatic heterocycles. The lowest BCUT2D eigenvalue weighted by Crippen LogP contribution is -2.43. The van der Waals surface area contributed by atoms with Gasteiger partial charge in [0, 0.05) is 30.4 Å². The van der Waals surface area contributed by atoms with Crippen molar-refractivity contribution in [1.29, 1.82) is 0 Å². The van der Waals surface area contributed by atoms with E-state index in [2.05, 4.69) is 15.4 Å². The maximum absolute atomic E-state index is 12.9. The van der Waals surface area contributed by atoms with Gasteiger partial charge in [-0.15, -0.1) is 11.3 Å². The van der Waals surface area contributed by atoms with Crippen molar-refractivity contribution in [3.05, 3.63) is 35.0 Å². The fourth-order valence-corrected chi connectivity index (χ4v) is 6.63. The number of carbonyl (C=O) groups excluding carboxylic acids is 1. The molecule has 0 spiro atoms. The third-order valence-corrected chi connectivity index (χ3v) is 8.53. The minimum Gasteiger partial charge on any atom is -0.324 e. The van der Waals surface area contributed by atoms with Crippen LogP contribution in [0.15, 0.2) is 28.6 Å². The summed E-state index contributed by atoms with van der Waals surface area (Å²) in [7, 11) is -1.74. The average Bonchev–Trinajstić information content (AvgIpc) is 3.26. The topological polar surface area (TPSA) is 97.2 Å². The highest BCUT2D eigenvalue weighted by Crippen LogP contribution is 2.29. The van der Waals surface area contributed by atoms with Gasteiger partial charge in [-0.05, 0) is 44.9 Å². The Labute approximate surface area is 173 Å². The number of sulfonamides is 1. The molecule has 1 fully saturated rings. The Hall–Kier alpha value is -2.30. The molecule has 1 atom stereocenters. The fourth-order valence-electron chi connectivity index (χ4n) is 3.67. The number of carbonyl (C=O) groups is 1. The van der Waals surface area contributed by atoms with E-state index in [0.29, 0.717) is 29.3 Å². The van der Waals surface area contributed by atoms with Crippen LogP contribution in [0.5, 0.6) is 0 Å². The van der Waals surface area contributed by atoms with Gasteiger partial charge in [0.1, 0.15) is 4.21 Å². The van der Waals surface area contributed by atoms with E-state index in [1.165, 1.54) is 15.6 Å². The second kappa shape index (κ2) is 7.51. The summed E-state index contributed by atoms with van der Waals surface area (Å²) in [5.41, 5.74) is 2.18. The normalized spacial score (nSPS) is 18.2. The van der Waals surface area contributed by atoms with Crippen LogP contribution >= 0.6 is 11.3 Å². The Balaban J connectivity index is 1.50. The van der Waals surface area contributed by atoms with E-state index < -0.39 is 15.9 Å². The quantitative estimate of drug-likeness (QED) is 0.682. The number of rotatable bonds is 4. The number of aromatic nitrogens is 3. The number of hydrogen-bond donors (Lipinski definition) is 1. The molecule has 3 aromatic rings. The molecule has 0 aliphatic carbocycles. The Morgan fingerprint density at radius 1 is 1.31 bits per heavy atom. The van der Waals surface area contributed by atoms with E-state index >= 15 is 0 Å². The summed E-state index contributed by atoms with van der Waals surface area (Å²) in [4.78, 5) is 18.2. The second-order valence-electron chi connectivity index (χ2n) is 7.36. The first-order valence-corrected chi connectivity index (χ1v) is 11.7. The van der Waals surface area contributed by atoms with Gasteiger partial charge in [0.15, 0.2) is 5.65 Å². The Kier molecular flexibility index (Phi) is 5.18. The predicted octanol–water partition coefficient (Wildman–Crippen LogP) is 2.69. The van der Waals surface area contributed by atoms with Gasteiger partial charge in [0.2, 0.25) is 5.91 Å². The van der Waals surface area contributed by atoms with E-state index in [0.717, 1.165) is 21.6 Å². The van der Waals surface area contributed by atoms with Crippen LogP contribution < -0.4 is 5.32 Å². The van der Waals surface area contributed by atoms with E-state index in [9.17, 15) is 13.2 Å². The first-order valence-electron chi connectivity index (χ1n) is 9.42. The highest BCUT2D eigenvalue weighted by atomic mass is 32.2. The molecule has 4 heterocycles. The summed E-state index contributed by atoms with van der Waals surface area (Å²) < 4.78 is 29.3. The maximum Gasteiger partial charge on any atom is 0.252 e. The number of amides is 1. The number of piperidine rings is 1. The summed E-state index contributed by atoms with van der Waals surface area (Å²) in [6, 6.07) is 5.29. The largest absolute Gasteiger partial charge is 0.324 e. The van der Waals surface area contributed by atoms with Crippen molar-refractivity contribution in [2.75, 3.05) is 18.4 Å². The third-order valence-electron chi connectivity index (χ3n) is 5.20. The van der Waals surface area contributed by atoms with E-state index in [1.807, 2.05) is 27.0 Å². The lowest BCUT2D eigenvalue weighted by atomic mass is 9.99. The first-order chi connectivity index (χ1) is 13.8. The zero-order valence-corrected chi connectivity index (χ0v) is 18.2. The van der Waals surface area contributed by atoms with Gasteiger partial charge in [-0.3, -0.25) is 9.48 Å². The summed E-state index contributed by atoms with van der Waals surface area (Å²) >= 11 is 1.26. The minimum atomic E-state index is -3.56. The number of aryl methyl sites for hydroxylation is 3. The van der Waals surface area contributed by atoms with Crippen molar-refractivity contribution in [2.45, 2.75) is 30.9 Å². The molecule has 1 saturated heterocycles. The highest BCUT2D eigenvalue weighted by molar-refractivity contribution is 7.91. The summed E-state index contributed by atoms with van der Waals surface area (Å²) in [5.74, 6) is -0.583. The van der Waals surface area contributed by atoms with Gasteiger partial charge in [-0.1, -0.05) is 0 Å². The molecule has 1 amide bonds. The average molecular weight is 434 g/mol. The van der Waals surface area contributed by atoms with E-state index in [1.54, 1.807) is 23.0 Å². The predicted molar refractivity (Wildman–Crippen MR) is 112 cm³/mol. The molecular weight excluding hydrogens is 410 g/mol. The third kappa shape index (κ3) is 3.79. The van der Waals surface area contributed by atoms with Crippen LogP contribution in [-0.2, 0) is 21.9 Å². The van der Waals surface area contributed by atoms with Gasteiger partial charge in [0.05, 0.1) is 23.5 Å². The van der Waals surface area contributed by atoms with Gasteiger partial charge < -0.3 is 5.32 Å². The Morgan fingerprint density at radius 3 is 2.83 bits per heavy atom.